The third-order valence-corrected chi connectivity index (χ3v) is 4.26. The maximum atomic E-state index is 12.5. The van der Waals surface area contributed by atoms with Gasteiger partial charge in [0.15, 0.2) is 0 Å². The third kappa shape index (κ3) is 2.89. The first-order valence-corrected chi connectivity index (χ1v) is 7.65. The number of nitrogens with zero attached hydrogens (tertiary/aromatic N) is 1. The molecule has 2 heterocycles. The second-order valence-electron chi connectivity index (χ2n) is 5.16. The molecule has 1 aliphatic rings. The molecule has 0 radical (unpaired) electrons. The summed E-state index contributed by atoms with van der Waals surface area (Å²) in [4.78, 5) is 16.6. The van der Waals surface area contributed by atoms with Gasteiger partial charge in [-0.2, -0.15) is 0 Å². The molecule has 0 saturated carbocycles. The molecule has 0 bridgehead atoms. The molecule has 1 N–H and O–H groups in total. The van der Waals surface area contributed by atoms with Gasteiger partial charge < -0.3 is 10.1 Å². The molecule has 1 aliphatic heterocycles. The quantitative estimate of drug-likeness (QED) is 0.928. The van der Waals surface area contributed by atoms with E-state index in [-0.39, 0.29) is 17.9 Å². The molecule has 2 atom stereocenters. The summed E-state index contributed by atoms with van der Waals surface area (Å²) < 4.78 is 5.47. The van der Waals surface area contributed by atoms with Crippen LogP contribution in [0.2, 0.25) is 10.0 Å². The number of carbonyl (C=O) groups is 1. The molecule has 1 amide bonds. The van der Waals surface area contributed by atoms with Gasteiger partial charge in [0.25, 0.3) is 0 Å². The number of nitrogens with one attached hydrogen (secondary N) is 1. The summed E-state index contributed by atoms with van der Waals surface area (Å²) in [5.41, 5.74) is 1.64. The van der Waals surface area contributed by atoms with Gasteiger partial charge in [-0.05, 0) is 36.8 Å². The van der Waals surface area contributed by atoms with E-state index in [0.29, 0.717) is 22.5 Å². The molecule has 0 unspecified atom stereocenters. The molecule has 1 aromatic heterocycles. The minimum Gasteiger partial charge on any atom is -0.475 e. The number of carbonyl (C=O) groups excluding carboxylic acids is 1. The van der Waals surface area contributed by atoms with E-state index in [1.807, 2.05) is 19.1 Å². The van der Waals surface area contributed by atoms with E-state index in [1.54, 1.807) is 24.4 Å². The van der Waals surface area contributed by atoms with Crippen molar-refractivity contribution in [2.24, 2.45) is 0 Å². The number of halogens is 2. The number of hydrogen-bond acceptors (Lipinski definition) is 3. The number of aromatic nitrogens is 1. The van der Waals surface area contributed by atoms with Gasteiger partial charge in [0, 0.05) is 21.8 Å². The minimum absolute atomic E-state index is 0.116. The zero-order valence-electron chi connectivity index (χ0n) is 11.8. The molecule has 6 heteroatoms. The lowest BCUT2D eigenvalue weighted by Crippen LogP contribution is -2.32. The Morgan fingerprint density at radius 2 is 2.23 bits per heavy atom. The summed E-state index contributed by atoms with van der Waals surface area (Å²) in [7, 11) is 0. The van der Waals surface area contributed by atoms with E-state index in [4.69, 9.17) is 27.9 Å². The van der Waals surface area contributed by atoms with Crippen molar-refractivity contribution in [1.29, 1.82) is 0 Å². The summed E-state index contributed by atoms with van der Waals surface area (Å²) in [6, 6.07) is 8.68. The standard InChI is InChI=1S/C16H14Cl2N2O2/c1-9(11-5-4-10(17)7-13(11)18)15(21)20-14-8-22-16-12(14)3-2-6-19-16/h2-7,9,14H,8H2,1H3,(H,20,21)/t9-,14-/m0/s1. The summed E-state index contributed by atoms with van der Waals surface area (Å²) in [5, 5.41) is 4.01. The van der Waals surface area contributed by atoms with E-state index in [0.717, 1.165) is 11.1 Å². The highest BCUT2D eigenvalue weighted by molar-refractivity contribution is 6.35. The predicted octanol–water partition coefficient (Wildman–Crippen LogP) is 3.74. The molecule has 4 nitrogen and oxygen atoms in total. The van der Waals surface area contributed by atoms with Gasteiger partial charge in [-0.15, -0.1) is 0 Å². The van der Waals surface area contributed by atoms with Gasteiger partial charge >= 0.3 is 0 Å². The Labute approximate surface area is 138 Å². The number of fused-ring (bicyclic) bond motifs is 1. The van der Waals surface area contributed by atoms with Crippen molar-refractivity contribution in [2.45, 2.75) is 18.9 Å². The van der Waals surface area contributed by atoms with Crippen LogP contribution >= 0.6 is 23.2 Å². The average Bonchev–Trinajstić information content (AvgIpc) is 2.90. The van der Waals surface area contributed by atoms with Crippen LogP contribution in [-0.2, 0) is 4.79 Å². The van der Waals surface area contributed by atoms with Crippen LogP contribution in [0.15, 0.2) is 36.5 Å². The lowest BCUT2D eigenvalue weighted by Gasteiger charge is -2.17. The number of rotatable bonds is 3. The Balaban J connectivity index is 1.75. The molecule has 0 saturated heterocycles. The Hall–Kier alpha value is -1.78. The fourth-order valence-electron chi connectivity index (χ4n) is 2.45. The Morgan fingerprint density at radius 1 is 1.41 bits per heavy atom. The van der Waals surface area contributed by atoms with Crippen LogP contribution in [0.4, 0.5) is 0 Å². The largest absolute Gasteiger partial charge is 0.475 e. The molecule has 114 valence electrons. The molecule has 1 aromatic carbocycles. The highest BCUT2D eigenvalue weighted by atomic mass is 35.5. The Morgan fingerprint density at radius 3 is 3.00 bits per heavy atom. The zero-order chi connectivity index (χ0) is 15.7. The van der Waals surface area contributed by atoms with Crippen LogP contribution in [0, 0.1) is 0 Å². The average molecular weight is 337 g/mol. The zero-order valence-corrected chi connectivity index (χ0v) is 13.4. The SMILES string of the molecule is C[C@H](C(=O)N[C@H]1COc2ncccc21)c1ccc(Cl)cc1Cl. The maximum Gasteiger partial charge on any atom is 0.227 e. The fraction of sp³-hybridized carbons (Fsp3) is 0.250. The smallest absolute Gasteiger partial charge is 0.227 e. The molecule has 2 aromatic rings. The number of benzene rings is 1. The normalized spacial score (nSPS) is 17.5. The second kappa shape index (κ2) is 6.15. The number of amides is 1. The van der Waals surface area contributed by atoms with Crippen LogP contribution in [0.3, 0.4) is 0 Å². The van der Waals surface area contributed by atoms with Gasteiger partial charge in [0.2, 0.25) is 11.8 Å². The van der Waals surface area contributed by atoms with Gasteiger partial charge in [0.05, 0.1) is 12.0 Å². The first-order valence-electron chi connectivity index (χ1n) is 6.89. The number of pyridine rings is 1. The van der Waals surface area contributed by atoms with E-state index in [9.17, 15) is 4.79 Å². The van der Waals surface area contributed by atoms with Crippen molar-refractivity contribution in [3.8, 4) is 5.88 Å². The van der Waals surface area contributed by atoms with E-state index < -0.39 is 0 Å². The molecule has 22 heavy (non-hydrogen) atoms. The summed E-state index contributed by atoms with van der Waals surface area (Å²) in [5.74, 6) is 0.0741. The third-order valence-electron chi connectivity index (χ3n) is 3.70. The van der Waals surface area contributed by atoms with Crippen molar-refractivity contribution in [3.63, 3.8) is 0 Å². The van der Waals surface area contributed by atoms with Crippen LogP contribution < -0.4 is 10.1 Å². The highest BCUT2D eigenvalue weighted by Crippen LogP contribution is 2.31. The first-order chi connectivity index (χ1) is 10.6. The number of hydrogen-bond donors (Lipinski definition) is 1. The summed E-state index contributed by atoms with van der Waals surface area (Å²) in [6.07, 6.45) is 1.67. The molecule has 0 fully saturated rings. The molecule has 3 rings (SSSR count). The summed E-state index contributed by atoms with van der Waals surface area (Å²) >= 11 is 12.1. The predicted molar refractivity (Wildman–Crippen MR) is 85.5 cm³/mol. The van der Waals surface area contributed by atoms with Crippen molar-refractivity contribution >= 4 is 29.1 Å². The Bertz CT molecular complexity index is 721. The van der Waals surface area contributed by atoms with Gasteiger partial charge in [0.1, 0.15) is 6.61 Å². The van der Waals surface area contributed by atoms with Gasteiger partial charge in [-0.1, -0.05) is 29.3 Å². The van der Waals surface area contributed by atoms with Crippen molar-refractivity contribution < 1.29 is 9.53 Å². The lowest BCUT2D eigenvalue weighted by atomic mass is 9.99. The maximum absolute atomic E-state index is 12.5. The molecule has 0 aliphatic carbocycles. The van der Waals surface area contributed by atoms with Gasteiger partial charge in [-0.25, -0.2) is 4.98 Å². The lowest BCUT2D eigenvalue weighted by molar-refractivity contribution is -0.123. The van der Waals surface area contributed by atoms with Crippen molar-refractivity contribution in [1.82, 2.24) is 10.3 Å². The van der Waals surface area contributed by atoms with E-state index in [1.165, 1.54) is 0 Å². The minimum atomic E-state index is -0.384. The molecular weight excluding hydrogens is 323 g/mol. The first kappa shape index (κ1) is 15.1. The van der Waals surface area contributed by atoms with Crippen molar-refractivity contribution in [3.05, 3.63) is 57.7 Å². The highest BCUT2D eigenvalue weighted by Gasteiger charge is 2.28. The topological polar surface area (TPSA) is 51.2 Å². The van der Waals surface area contributed by atoms with Crippen LogP contribution in [0.1, 0.15) is 30.0 Å². The van der Waals surface area contributed by atoms with Gasteiger partial charge in [-0.3, -0.25) is 4.79 Å². The van der Waals surface area contributed by atoms with E-state index in [2.05, 4.69) is 10.3 Å². The fourth-order valence-corrected chi connectivity index (χ4v) is 3.02. The molecule has 0 spiro atoms. The number of ether oxygens (including phenoxy) is 1. The van der Waals surface area contributed by atoms with Crippen LogP contribution in [0.25, 0.3) is 0 Å². The monoisotopic (exact) mass is 336 g/mol. The molecular formula is C16H14Cl2N2O2. The Kier molecular flexibility index (Phi) is 4.23. The van der Waals surface area contributed by atoms with Crippen LogP contribution in [-0.4, -0.2) is 17.5 Å². The van der Waals surface area contributed by atoms with Crippen molar-refractivity contribution in [2.75, 3.05) is 6.61 Å². The summed E-state index contributed by atoms with van der Waals surface area (Å²) in [6.45, 7) is 2.20. The van der Waals surface area contributed by atoms with E-state index >= 15 is 0 Å². The second-order valence-corrected chi connectivity index (χ2v) is 6.00. The van der Waals surface area contributed by atoms with Crippen LogP contribution in [0.5, 0.6) is 5.88 Å².